The molecule has 0 heterocycles. The van der Waals surface area contributed by atoms with Gasteiger partial charge in [-0.1, -0.05) is 88.4 Å². The molecule has 0 aliphatic heterocycles. The molecule has 18 heavy (non-hydrogen) atoms. The van der Waals surface area contributed by atoms with Gasteiger partial charge in [0.05, 0.1) is 0 Å². The molecule has 0 aromatic carbocycles. The predicted molar refractivity (Wildman–Crippen MR) is 82.5 cm³/mol. The molecule has 0 aromatic heterocycles. The third-order valence-corrected chi connectivity index (χ3v) is 4.49. The van der Waals surface area contributed by atoms with Gasteiger partial charge < -0.3 is 4.74 Å². The number of hydrogen-bond donors (Lipinski definition) is 0. The summed E-state index contributed by atoms with van der Waals surface area (Å²) < 4.78 is 4.22. The maximum atomic E-state index is 6.23. The molecule has 1 unspecified atom stereocenters. The van der Waals surface area contributed by atoms with Crippen molar-refractivity contribution in [3.05, 3.63) is 0 Å². The van der Waals surface area contributed by atoms with Gasteiger partial charge >= 0.3 is 0 Å². The molecule has 3 heteroatoms. The second-order valence-corrected chi connectivity index (χ2v) is 6.48. The average molecular weight is 297 g/mol. The SMILES string of the molecule is CCCCCCCCC(CCCC)C(Cl)(Cl)OC. The molecule has 0 N–H and O–H groups in total. The van der Waals surface area contributed by atoms with E-state index in [-0.39, 0.29) is 5.92 Å². The van der Waals surface area contributed by atoms with Crippen LogP contribution >= 0.6 is 23.2 Å². The number of unbranched alkanes of at least 4 members (excludes halogenated alkanes) is 6. The van der Waals surface area contributed by atoms with E-state index in [1.165, 1.54) is 51.4 Å². The molecular weight excluding hydrogens is 267 g/mol. The zero-order valence-corrected chi connectivity index (χ0v) is 13.8. The van der Waals surface area contributed by atoms with Crippen LogP contribution in [0.5, 0.6) is 0 Å². The molecule has 0 rings (SSSR count). The summed E-state index contributed by atoms with van der Waals surface area (Å²) in [6.07, 6.45) is 12.3. The second kappa shape index (κ2) is 11.4. The van der Waals surface area contributed by atoms with Crippen molar-refractivity contribution in [1.82, 2.24) is 0 Å². The molecule has 0 bridgehead atoms. The Bertz CT molecular complexity index is 183. The van der Waals surface area contributed by atoms with E-state index in [1.807, 2.05) is 0 Å². The molecule has 1 nitrogen and oxygen atoms in total. The highest BCUT2D eigenvalue weighted by Gasteiger charge is 2.33. The molecule has 0 fully saturated rings. The van der Waals surface area contributed by atoms with Gasteiger partial charge in [0, 0.05) is 13.0 Å². The highest BCUT2D eigenvalue weighted by Crippen LogP contribution is 2.37. The van der Waals surface area contributed by atoms with Gasteiger partial charge in [-0.15, -0.1) is 0 Å². The van der Waals surface area contributed by atoms with Crippen molar-refractivity contribution >= 4 is 23.2 Å². The minimum absolute atomic E-state index is 0.261. The van der Waals surface area contributed by atoms with Gasteiger partial charge in [0.15, 0.2) is 0 Å². The first-order chi connectivity index (χ1) is 8.58. The number of methoxy groups -OCH3 is 1. The third kappa shape index (κ3) is 8.61. The Labute approximate surface area is 124 Å². The Morgan fingerprint density at radius 1 is 0.833 bits per heavy atom. The Morgan fingerprint density at radius 3 is 1.89 bits per heavy atom. The minimum atomic E-state index is -1.00. The van der Waals surface area contributed by atoms with E-state index < -0.39 is 4.52 Å². The number of ether oxygens (including phenoxy) is 1. The molecule has 0 aliphatic carbocycles. The topological polar surface area (TPSA) is 9.23 Å². The molecule has 0 aromatic rings. The first-order valence-corrected chi connectivity index (χ1v) is 8.27. The predicted octanol–water partition coefficient (Wildman–Crippen LogP) is 6.32. The lowest BCUT2D eigenvalue weighted by molar-refractivity contribution is 0.0707. The summed E-state index contributed by atoms with van der Waals surface area (Å²) >= 11 is 12.5. The van der Waals surface area contributed by atoms with E-state index in [1.54, 1.807) is 7.11 Å². The average Bonchev–Trinajstić information content (AvgIpc) is 2.36. The zero-order valence-electron chi connectivity index (χ0n) is 12.3. The Hall–Kier alpha value is 0.540. The first-order valence-electron chi connectivity index (χ1n) is 7.51. The van der Waals surface area contributed by atoms with Gasteiger partial charge in [0.2, 0.25) is 4.52 Å². The van der Waals surface area contributed by atoms with E-state index in [0.29, 0.717) is 0 Å². The molecule has 0 amide bonds. The van der Waals surface area contributed by atoms with Crippen LogP contribution in [0.25, 0.3) is 0 Å². The number of alkyl halides is 2. The fourth-order valence-corrected chi connectivity index (χ4v) is 2.71. The van der Waals surface area contributed by atoms with E-state index in [4.69, 9.17) is 27.9 Å². The van der Waals surface area contributed by atoms with Crippen LogP contribution in [-0.4, -0.2) is 11.6 Å². The lowest BCUT2D eigenvalue weighted by Gasteiger charge is -2.28. The molecule has 0 aliphatic rings. The second-order valence-electron chi connectivity index (χ2n) is 5.16. The van der Waals surface area contributed by atoms with Crippen LogP contribution in [-0.2, 0) is 4.74 Å². The van der Waals surface area contributed by atoms with Crippen molar-refractivity contribution < 1.29 is 4.74 Å². The quantitative estimate of drug-likeness (QED) is 0.302. The minimum Gasteiger partial charge on any atom is -0.350 e. The lowest BCUT2D eigenvalue weighted by atomic mass is 9.95. The van der Waals surface area contributed by atoms with Crippen molar-refractivity contribution in [3.8, 4) is 0 Å². The van der Waals surface area contributed by atoms with Crippen molar-refractivity contribution in [1.29, 1.82) is 0 Å². The van der Waals surface area contributed by atoms with Gasteiger partial charge in [-0.3, -0.25) is 0 Å². The van der Waals surface area contributed by atoms with E-state index >= 15 is 0 Å². The highest BCUT2D eigenvalue weighted by molar-refractivity contribution is 6.47. The summed E-state index contributed by atoms with van der Waals surface area (Å²) in [5, 5.41) is 0. The van der Waals surface area contributed by atoms with E-state index in [2.05, 4.69) is 13.8 Å². The maximum Gasteiger partial charge on any atom is 0.219 e. The molecule has 0 saturated heterocycles. The standard InChI is InChI=1S/C15H30Cl2O/c1-4-6-8-9-10-11-13-14(12-7-5-2)15(16,17)18-3/h14H,4-13H2,1-3H3. The van der Waals surface area contributed by atoms with Gasteiger partial charge in [-0.05, 0) is 12.8 Å². The molecule has 110 valence electrons. The van der Waals surface area contributed by atoms with Crippen molar-refractivity contribution in [2.45, 2.75) is 82.6 Å². The van der Waals surface area contributed by atoms with Crippen molar-refractivity contribution in [2.24, 2.45) is 5.92 Å². The van der Waals surface area contributed by atoms with Crippen LogP contribution in [0, 0.1) is 5.92 Å². The molecule has 0 radical (unpaired) electrons. The van der Waals surface area contributed by atoms with E-state index in [0.717, 1.165) is 12.8 Å². The Morgan fingerprint density at radius 2 is 1.33 bits per heavy atom. The lowest BCUT2D eigenvalue weighted by Crippen LogP contribution is -2.28. The Balaban J connectivity index is 3.87. The summed E-state index contributed by atoms with van der Waals surface area (Å²) in [6.45, 7) is 4.44. The first kappa shape index (κ1) is 18.5. The summed E-state index contributed by atoms with van der Waals surface area (Å²) in [5.41, 5.74) is 0. The van der Waals surface area contributed by atoms with Crippen LogP contribution in [0.1, 0.15) is 78.1 Å². The molecular formula is C15H30Cl2O. The van der Waals surface area contributed by atoms with Crippen LogP contribution in [0.2, 0.25) is 0 Å². The summed E-state index contributed by atoms with van der Waals surface area (Å²) in [4.78, 5) is 0. The van der Waals surface area contributed by atoms with Crippen LogP contribution in [0.3, 0.4) is 0 Å². The number of halogens is 2. The zero-order chi connectivity index (χ0) is 13.9. The largest absolute Gasteiger partial charge is 0.350 e. The van der Waals surface area contributed by atoms with Crippen molar-refractivity contribution in [2.75, 3.05) is 7.11 Å². The van der Waals surface area contributed by atoms with Gasteiger partial charge in [0.25, 0.3) is 0 Å². The maximum absolute atomic E-state index is 6.23. The normalized spacial score (nSPS) is 13.8. The molecule has 0 spiro atoms. The Kier molecular flexibility index (Phi) is 11.7. The molecule has 0 saturated carbocycles. The van der Waals surface area contributed by atoms with Crippen LogP contribution < -0.4 is 0 Å². The molecule has 1 atom stereocenters. The fraction of sp³-hybridized carbons (Fsp3) is 1.00. The summed E-state index contributed by atoms with van der Waals surface area (Å²) in [6, 6.07) is 0. The highest BCUT2D eigenvalue weighted by atomic mass is 35.5. The fourth-order valence-electron chi connectivity index (χ4n) is 2.27. The summed E-state index contributed by atoms with van der Waals surface area (Å²) in [7, 11) is 1.60. The summed E-state index contributed by atoms with van der Waals surface area (Å²) in [5.74, 6) is 0.261. The van der Waals surface area contributed by atoms with Gasteiger partial charge in [-0.2, -0.15) is 0 Å². The van der Waals surface area contributed by atoms with Crippen LogP contribution in [0.15, 0.2) is 0 Å². The van der Waals surface area contributed by atoms with Gasteiger partial charge in [-0.25, -0.2) is 0 Å². The number of rotatable bonds is 12. The van der Waals surface area contributed by atoms with Gasteiger partial charge in [0.1, 0.15) is 0 Å². The number of hydrogen-bond acceptors (Lipinski definition) is 1. The third-order valence-electron chi connectivity index (χ3n) is 3.56. The van der Waals surface area contributed by atoms with E-state index in [9.17, 15) is 0 Å². The van der Waals surface area contributed by atoms with Crippen LogP contribution in [0.4, 0.5) is 0 Å². The smallest absolute Gasteiger partial charge is 0.219 e. The monoisotopic (exact) mass is 296 g/mol. The van der Waals surface area contributed by atoms with Crippen molar-refractivity contribution in [3.63, 3.8) is 0 Å².